The van der Waals surface area contributed by atoms with Crippen LogP contribution in [0, 0.1) is 0 Å². The molecule has 2 aliphatic rings. The van der Waals surface area contributed by atoms with Crippen LogP contribution in [-0.2, 0) is 0 Å². The van der Waals surface area contributed by atoms with Gasteiger partial charge in [0.15, 0.2) is 5.01 Å². The molecule has 7 heteroatoms. The monoisotopic (exact) mass is 309 g/mol. The molecule has 1 saturated heterocycles. The van der Waals surface area contributed by atoms with Gasteiger partial charge >= 0.3 is 0 Å². The maximum absolute atomic E-state index is 12.3. The Balaban J connectivity index is 1.62. The smallest absolute Gasteiger partial charge is 0.280 e. The Hall–Kier alpha value is -1.47. The number of thiazole rings is 1. The van der Waals surface area contributed by atoms with Gasteiger partial charge in [-0.2, -0.15) is 0 Å². The fraction of sp³-hybridized carbons (Fsp3) is 0.643. The molecule has 1 aromatic heterocycles. The normalized spacial score (nSPS) is 28.3. The second-order valence-electron chi connectivity index (χ2n) is 5.82. The van der Waals surface area contributed by atoms with Crippen molar-refractivity contribution in [2.45, 2.75) is 50.8 Å². The summed E-state index contributed by atoms with van der Waals surface area (Å²) in [4.78, 5) is 30.3. The number of aliphatic hydroxyl groups is 1. The van der Waals surface area contributed by atoms with Crippen LogP contribution in [0.3, 0.4) is 0 Å². The molecule has 0 spiro atoms. The molecular weight excluding hydrogens is 290 g/mol. The molecule has 1 atom stereocenters. The molecular formula is C14H19N3O3S. The van der Waals surface area contributed by atoms with E-state index >= 15 is 0 Å². The number of nitrogens with one attached hydrogen (secondary N) is 1. The molecule has 0 bridgehead atoms. The summed E-state index contributed by atoms with van der Waals surface area (Å²) < 4.78 is 0. The first kappa shape index (κ1) is 14.5. The highest BCUT2D eigenvalue weighted by molar-refractivity contribution is 7.11. The molecule has 1 aliphatic carbocycles. The topological polar surface area (TPSA) is 82.5 Å². The van der Waals surface area contributed by atoms with Crippen LogP contribution in [0.15, 0.2) is 5.38 Å². The summed E-state index contributed by atoms with van der Waals surface area (Å²) in [6.07, 6.45) is 2.92. The van der Waals surface area contributed by atoms with Gasteiger partial charge < -0.3 is 15.3 Å². The lowest BCUT2D eigenvalue weighted by Crippen LogP contribution is -2.46. The molecule has 2 heterocycles. The van der Waals surface area contributed by atoms with Crippen molar-refractivity contribution in [2.75, 3.05) is 6.54 Å². The van der Waals surface area contributed by atoms with Gasteiger partial charge in [0.1, 0.15) is 5.69 Å². The highest BCUT2D eigenvalue weighted by Crippen LogP contribution is 2.22. The van der Waals surface area contributed by atoms with Gasteiger partial charge in [-0.05, 0) is 32.6 Å². The Morgan fingerprint density at radius 2 is 2.24 bits per heavy atom. The summed E-state index contributed by atoms with van der Waals surface area (Å²) in [7, 11) is 0. The lowest BCUT2D eigenvalue weighted by molar-refractivity contribution is 0.0562. The SMILES string of the molecule is C[C@H]1CCCN1C(=O)c1csc(C(=O)NC2CC(O)C2)n1. The van der Waals surface area contributed by atoms with Crippen molar-refractivity contribution < 1.29 is 14.7 Å². The minimum absolute atomic E-state index is 0.0224. The summed E-state index contributed by atoms with van der Waals surface area (Å²) in [6.45, 7) is 2.80. The molecule has 1 saturated carbocycles. The molecule has 1 aromatic rings. The van der Waals surface area contributed by atoms with Crippen molar-refractivity contribution in [2.24, 2.45) is 0 Å². The van der Waals surface area contributed by atoms with Gasteiger partial charge in [-0.15, -0.1) is 11.3 Å². The Morgan fingerprint density at radius 1 is 1.48 bits per heavy atom. The minimum Gasteiger partial charge on any atom is -0.393 e. The zero-order valence-corrected chi connectivity index (χ0v) is 12.7. The van der Waals surface area contributed by atoms with Crippen molar-refractivity contribution in [3.05, 3.63) is 16.1 Å². The Morgan fingerprint density at radius 3 is 2.86 bits per heavy atom. The number of likely N-dealkylation sites (tertiary alicyclic amines) is 1. The molecule has 0 radical (unpaired) electrons. The van der Waals surface area contributed by atoms with E-state index in [0.717, 1.165) is 19.4 Å². The highest BCUT2D eigenvalue weighted by atomic mass is 32.1. The van der Waals surface area contributed by atoms with Crippen LogP contribution in [0.4, 0.5) is 0 Å². The average molecular weight is 309 g/mol. The maximum atomic E-state index is 12.3. The predicted molar refractivity (Wildman–Crippen MR) is 78.3 cm³/mol. The van der Waals surface area contributed by atoms with E-state index in [0.29, 0.717) is 23.5 Å². The number of carbonyl (C=O) groups excluding carboxylic acids is 2. The molecule has 3 rings (SSSR count). The van der Waals surface area contributed by atoms with Crippen LogP contribution in [0.2, 0.25) is 0 Å². The quantitative estimate of drug-likeness (QED) is 0.873. The molecule has 0 aromatic carbocycles. The summed E-state index contributed by atoms with van der Waals surface area (Å²) in [5.74, 6) is -0.347. The van der Waals surface area contributed by atoms with Crippen LogP contribution < -0.4 is 5.32 Å². The fourth-order valence-electron chi connectivity index (χ4n) is 2.81. The molecule has 0 unspecified atom stereocenters. The lowest BCUT2D eigenvalue weighted by atomic mass is 9.89. The summed E-state index contributed by atoms with van der Waals surface area (Å²) >= 11 is 1.19. The Kier molecular flexibility index (Phi) is 3.95. The van der Waals surface area contributed by atoms with Crippen molar-refractivity contribution in [3.63, 3.8) is 0 Å². The number of carbonyl (C=O) groups is 2. The molecule has 6 nitrogen and oxygen atoms in total. The van der Waals surface area contributed by atoms with Gasteiger partial charge in [0.25, 0.3) is 11.8 Å². The minimum atomic E-state index is -0.305. The van der Waals surface area contributed by atoms with E-state index in [-0.39, 0.29) is 30.0 Å². The van der Waals surface area contributed by atoms with Gasteiger partial charge in [0, 0.05) is 24.0 Å². The third-order valence-electron chi connectivity index (χ3n) is 4.18. The average Bonchev–Trinajstić information content (AvgIpc) is 3.04. The fourth-order valence-corrected chi connectivity index (χ4v) is 3.50. The Labute approximate surface area is 127 Å². The number of hydrogen-bond acceptors (Lipinski definition) is 5. The van der Waals surface area contributed by atoms with Gasteiger partial charge in [-0.25, -0.2) is 4.98 Å². The summed E-state index contributed by atoms with van der Waals surface area (Å²) in [6, 6.07) is 0.266. The van der Waals surface area contributed by atoms with E-state index in [9.17, 15) is 14.7 Å². The van der Waals surface area contributed by atoms with E-state index in [2.05, 4.69) is 10.3 Å². The second kappa shape index (κ2) is 5.73. The number of nitrogens with zero attached hydrogens (tertiary/aromatic N) is 2. The highest BCUT2D eigenvalue weighted by Gasteiger charge is 2.31. The van der Waals surface area contributed by atoms with E-state index in [1.54, 1.807) is 5.38 Å². The molecule has 2 fully saturated rings. The molecule has 2 N–H and O–H groups in total. The largest absolute Gasteiger partial charge is 0.393 e. The number of amides is 2. The van der Waals surface area contributed by atoms with E-state index < -0.39 is 0 Å². The number of aromatic nitrogens is 1. The maximum Gasteiger partial charge on any atom is 0.280 e. The van der Waals surface area contributed by atoms with Gasteiger partial charge in [-0.1, -0.05) is 0 Å². The second-order valence-corrected chi connectivity index (χ2v) is 6.68. The van der Waals surface area contributed by atoms with Crippen molar-refractivity contribution in [1.29, 1.82) is 0 Å². The van der Waals surface area contributed by atoms with E-state index in [4.69, 9.17) is 0 Å². The van der Waals surface area contributed by atoms with Crippen LogP contribution >= 0.6 is 11.3 Å². The first-order chi connectivity index (χ1) is 10.0. The predicted octanol–water partition coefficient (Wildman–Crippen LogP) is 1.02. The first-order valence-electron chi connectivity index (χ1n) is 7.30. The van der Waals surface area contributed by atoms with Gasteiger partial charge in [0.05, 0.1) is 6.10 Å². The van der Waals surface area contributed by atoms with Gasteiger partial charge in [-0.3, -0.25) is 9.59 Å². The zero-order valence-electron chi connectivity index (χ0n) is 11.9. The molecule has 2 amide bonds. The van der Waals surface area contributed by atoms with Crippen LogP contribution in [0.1, 0.15) is 52.9 Å². The first-order valence-corrected chi connectivity index (χ1v) is 8.18. The third kappa shape index (κ3) is 2.94. The Bertz CT molecular complexity index is 553. The third-order valence-corrected chi connectivity index (χ3v) is 5.02. The lowest BCUT2D eigenvalue weighted by Gasteiger charge is -2.31. The molecule has 21 heavy (non-hydrogen) atoms. The summed E-state index contributed by atoms with van der Waals surface area (Å²) in [5, 5.41) is 14.0. The molecule has 1 aliphatic heterocycles. The van der Waals surface area contributed by atoms with Gasteiger partial charge in [0.2, 0.25) is 0 Å². The van der Waals surface area contributed by atoms with Crippen molar-refractivity contribution in [3.8, 4) is 0 Å². The zero-order chi connectivity index (χ0) is 15.0. The standard InChI is InChI=1S/C14H19N3O3S/c1-8-3-2-4-17(8)14(20)11-7-21-13(16-11)12(19)15-9-5-10(18)6-9/h7-10,18H,2-6H2,1H3,(H,15,19)/t8-,9?,10?/m0/s1. The van der Waals surface area contributed by atoms with E-state index in [1.165, 1.54) is 11.3 Å². The number of aliphatic hydroxyl groups excluding tert-OH is 1. The molecule has 114 valence electrons. The van der Waals surface area contributed by atoms with Crippen LogP contribution in [0.5, 0.6) is 0 Å². The van der Waals surface area contributed by atoms with Crippen molar-refractivity contribution >= 4 is 23.2 Å². The van der Waals surface area contributed by atoms with E-state index in [1.807, 2.05) is 11.8 Å². The number of rotatable bonds is 3. The summed E-state index contributed by atoms with van der Waals surface area (Å²) in [5.41, 5.74) is 0.354. The van der Waals surface area contributed by atoms with Crippen LogP contribution in [-0.4, -0.2) is 51.5 Å². The van der Waals surface area contributed by atoms with Crippen LogP contribution in [0.25, 0.3) is 0 Å². The van der Waals surface area contributed by atoms with Crippen molar-refractivity contribution in [1.82, 2.24) is 15.2 Å². The number of hydrogen-bond donors (Lipinski definition) is 2.